The van der Waals surface area contributed by atoms with Crippen molar-refractivity contribution in [1.82, 2.24) is 14.9 Å². The van der Waals surface area contributed by atoms with E-state index in [4.69, 9.17) is 0 Å². The van der Waals surface area contributed by atoms with Gasteiger partial charge in [-0.05, 0) is 15.9 Å². The second-order valence-electron chi connectivity index (χ2n) is 2.24. The van der Waals surface area contributed by atoms with E-state index in [0.717, 1.165) is 4.57 Å². The van der Waals surface area contributed by atoms with Gasteiger partial charge in [0.15, 0.2) is 0 Å². The van der Waals surface area contributed by atoms with Gasteiger partial charge in [0.25, 0.3) is 0 Å². The fourth-order valence-electron chi connectivity index (χ4n) is 0.646. The Bertz CT molecular complexity index is 283. The molecule has 0 radical (unpaired) electrons. The van der Waals surface area contributed by atoms with E-state index in [1.165, 1.54) is 18.7 Å². The van der Waals surface area contributed by atoms with E-state index in [0.29, 0.717) is 0 Å². The number of carbonyl (C=O) groups is 1. The summed E-state index contributed by atoms with van der Waals surface area (Å²) >= 11 is 2.10. The molecule has 1 rings (SSSR count). The van der Waals surface area contributed by atoms with Crippen LogP contribution in [-0.2, 0) is 0 Å². The molecule has 0 bridgehead atoms. The molecule has 1 heterocycles. The van der Waals surface area contributed by atoms with Crippen LogP contribution in [0.4, 0.5) is 13.6 Å². The largest absolute Gasteiger partial charge is 0.330 e. The van der Waals surface area contributed by atoms with E-state index in [-0.39, 0.29) is 0 Å². The molecule has 1 amide bonds. The topological polar surface area (TPSA) is 46.9 Å². The average Bonchev–Trinajstić information content (AvgIpc) is 2.50. The van der Waals surface area contributed by atoms with Gasteiger partial charge in [-0.2, -0.15) is 8.78 Å². The second kappa shape index (κ2) is 3.82. The van der Waals surface area contributed by atoms with Crippen LogP contribution in [-0.4, -0.2) is 27.0 Å². The molecule has 0 fully saturated rings. The van der Waals surface area contributed by atoms with E-state index in [1.54, 1.807) is 0 Å². The van der Waals surface area contributed by atoms with Crippen LogP contribution < -0.4 is 5.32 Å². The first-order valence-electron chi connectivity index (χ1n) is 3.32. The molecule has 0 aromatic carbocycles. The zero-order valence-corrected chi connectivity index (χ0v) is 7.96. The molecule has 4 nitrogen and oxygen atoms in total. The first kappa shape index (κ1) is 10.1. The smallest absolute Gasteiger partial charge is 0.327 e. The van der Waals surface area contributed by atoms with Crippen molar-refractivity contribution in [2.24, 2.45) is 0 Å². The quantitative estimate of drug-likeness (QED) is 0.811. The first-order valence-corrected chi connectivity index (χ1v) is 4.11. The molecule has 13 heavy (non-hydrogen) atoms. The summed E-state index contributed by atoms with van der Waals surface area (Å²) in [6.45, 7) is -0.760. The average molecular weight is 254 g/mol. The van der Waals surface area contributed by atoms with E-state index in [2.05, 4.69) is 20.9 Å². The zero-order chi connectivity index (χ0) is 9.90. The van der Waals surface area contributed by atoms with Crippen molar-refractivity contribution in [3.63, 3.8) is 0 Å². The third kappa shape index (κ3) is 3.49. The Morgan fingerprint density at radius 3 is 2.85 bits per heavy atom. The standard InChI is InChI=1S/C6H6BrF2N3O/c7-6(8,9)3-11-5(13)12-2-1-10-4-12/h1-2,4H,3H2,(H,11,13). The number of carbonyl (C=O) groups excluding carboxylic acids is 1. The number of imidazole rings is 1. The molecule has 0 unspecified atom stereocenters. The van der Waals surface area contributed by atoms with Crippen LogP contribution in [0.5, 0.6) is 0 Å². The number of rotatable bonds is 2. The number of hydrogen-bond acceptors (Lipinski definition) is 2. The molecule has 0 aliphatic rings. The van der Waals surface area contributed by atoms with Gasteiger partial charge >= 0.3 is 10.9 Å². The van der Waals surface area contributed by atoms with Gasteiger partial charge in [0.1, 0.15) is 6.33 Å². The minimum atomic E-state index is -3.08. The Labute approximate surface area is 81.1 Å². The summed E-state index contributed by atoms with van der Waals surface area (Å²) in [7, 11) is 0. The monoisotopic (exact) mass is 253 g/mol. The van der Waals surface area contributed by atoms with Crippen molar-refractivity contribution in [1.29, 1.82) is 0 Å². The molecule has 0 saturated heterocycles. The third-order valence-electron chi connectivity index (χ3n) is 1.18. The number of alkyl halides is 3. The van der Waals surface area contributed by atoms with E-state index < -0.39 is 17.4 Å². The maximum atomic E-state index is 12.2. The number of hydrogen-bond donors (Lipinski definition) is 1. The lowest BCUT2D eigenvalue weighted by Crippen LogP contribution is -2.35. The molecule has 0 spiro atoms. The minimum Gasteiger partial charge on any atom is -0.330 e. The van der Waals surface area contributed by atoms with Gasteiger partial charge in [-0.15, -0.1) is 0 Å². The Balaban J connectivity index is 2.44. The third-order valence-corrected chi connectivity index (χ3v) is 1.46. The van der Waals surface area contributed by atoms with E-state index >= 15 is 0 Å². The molecular formula is C6H6BrF2N3O. The van der Waals surface area contributed by atoms with Crippen molar-refractivity contribution in [2.75, 3.05) is 6.54 Å². The van der Waals surface area contributed by atoms with Crippen molar-refractivity contribution >= 4 is 22.0 Å². The predicted molar refractivity (Wildman–Crippen MR) is 44.9 cm³/mol. The minimum absolute atomic E-state index is 0.642. The number of aromatic nitrogens is 2. The van der Waals surface area contributed by atoms with Gasteiger partial charge in [0, 0.05) is 12.4 Å². The van der Waals surface area contributed by atoms with Gasteiger partial charge in [-0.1, -0.05) is 0 Å². The zero-order valence-electron chi connectivity index (χ0n) is 6.38. The second-order valence-corrected chi connectivity index (χ2v) is 3.40. The molecule has 1 aromatic rings. The van der Waals surface area contributed by atoms with Gasteiger partial charge in [0.05, 0.1) is 6.54 Å². The van der Waals surface area contributed by atoms with Crippen LogP contribution in [0.1, 0.15) is 0 Å². The highest BCUT2D eigenvalue weighted by atomic mass is 79.9. The summed E-state index contributed by atoms with van der Waals surface area (Å²) in [6, 6.07) is -0.642. The van der Waals surface area contributed by atoms with Crippen LogP contribution in [0, 0.1) is 0 Å². The SMILES string of the molecule is O=C(NCC(F)(F)Br)n1ccnc1. The molecule has 7 heteroatoms. The highest BCUT2D eigenvalue weighted by Gasteiger charge is 2.24. The number of nitrogens with one attached hydrogen (secondary N) is 1. The Morgan fingerprint density at radius 1 is 1.69 bits per heavy atom. The van der Waals surface area contributed by atoms with Gasteiger partial charge < -0.3 is 5.32 Å². The maximum Gasteiger partial charge on any atom is 0.327 e. The van der Waals surface area contributed by atoms with Crippen molar-refractivity contribution in [2.45, 2.75) is 4.83 Å². The Hall–Kier alpha value is -0.980. The van der Waals surface area contributed by atoms with E-state index in [1.807, 2.05) is 5.32 Å². The van der Waals surface area contributed by atoms with Gasteiger partial charge in [-0.3, -0.25) is 4.57 Å². The first-order chi connectivity index (χ1) is 5.99. The number of amides is 1. The number of nitrogens with zero attached hydrogens (tertiary/aromatic N) is 2. The summed E-state index contributed by atoms with van der Waals surface area (Å²) in [5, 5.41) is 2.01. The Morgan fingerprint density at radius 2 is 2.38 bits per heavy atom. The molecule has 0 aliphatic carbocycles. The summed E-state index contributed by atoms with van der Waals surface area (Å²) in [4.78, 5) is 11.5. The van der Waals surface area contributed by atoms with Gasteiger partial charge in [-0.25, -0.2) is 9.78 Å². The molecule has 0 aliphatic heterocycles. The van der Waals surface area contributed by atoms with Crippen LogP contribution in [0.2, 0.25) is 0 Å². The summed E-state index contributed by atoms with van der Waals surface area (Å²) in [6.07, 6.45) is 3.97. The van der Waals surface area contributed by atoms with E-state index in [9.17, 15) is 13.6 Å². The lowest BCUT2D eigenvalue weighted by Gasteiger charge is -2.09. The maximum absolute atomic E-state index is 12.2. The molecule has 1 aromatic heterocycles. The normalized spacial score (nSPS) is 11.3. The highest BCUT2D eigenvalue weighted by molar-refractivity contribution is 9.10. The summed E-state index contributed by atoms with van der Waals surface area (Å²) in [5.41, 5.74) is 0. The molecular weight excluding hydrogens is 248 g/mol. The highest BCUT2D eigenvalue weighted by Crippen LogP contribution is 2.19. The molecule has 0 saturated carbocycles. The van der Waals surface area contributed by atoms with Crippen LogP contribution in [0.15, 0.2) is 18.7 Å². The fraction of sp³-hybridized carbons (Fsp3) is 0.333. The molecule has 72 valence electrons. The van der Waals surface area contributed by atoms with Crippen LogP contribution in [0.3, 0.4) is 0 Å². The Kier molecular flexibility index (Phi) is 2.97. The molecule has 1 N–H and O–H groups in total. The predicted octanol–water partition coefficient (Wildman–Crippen LogP) is 1.43. The lowest BCUT2D eigenvalue weighted by molar-refractivity contribution is 0.115. The number of halogens is 3. The lowest BCUT2D eigenvalue weighted by atomic mass is 10.6. The van der Waals surface area contributed by atoms with Crippen LogP contribution in [0.25, 0.3) is 0 Å². The van der Waals surface area contributed by atoms with Crippen molar-refractivity contribution < 1.29 is 13.6 Å². The fourth-order valence-corrected chi connectivity index (χ4v) is 0.787. The molecule has 0 atom stereocenters. The van der Waals surface area contributed by atoms with Crippen molar-refractivity contribution in [3.05, 3.63) is 18.7 Å². The summed E-state index contributed by atoms with van der Waals surface area (Å²) in [5.74, 6) is 0. The van der Waals surface area contributed by atoms with Crippen LogP contribution >= 0.6 is 15.9 Å². The van der Waals surface area contributed by atoms with Gasteiger partial charge in [0.2, 0.25) is 0 Å². The summed E-state index contributed by atoms with van der Waals surface area (Å²) < 4.78 is 25.5. The van der Waals surface area contributed by atoms with Crippen molar-refractivity contribution in [3.8, 4) is 0 Å².